The predicted molar refractivity (Wildman–Crippen MR) is 201 cm³/mol. The minimum absolute atomic E-state index is 0.225. The minimum Gasteiger partial charge on any atom is -0.462 e. The molecular formula is C41H72O10. The number of hydrogen-bond acceptors (Lipinski definition) is 10. The second-order valence-electron chi connectivity index (χ2n) is 13.7. The highest BCUT2D eigenvalue weighted by Gasteiger charge is 2.44. The van der Waals surface area contributed by atoms with Gasteiger partial charge in [-0.25, -0.2) is 0 Å². The molecule has 0 aromatic carbocycles. The van der Waals surface area contributed by atoms with Gasteiger partial charge in [0.1, 0.15) is 31.0 Å². The van der Waals surface area contributed by atoms with Crippen LogP contribution in [0.25, 0.3) is 0 Å². The molecule has 0 aromatic heterocycles. The number of aliphatic hydroxyl groups excluding tert-OH is 4. The van der Waals surface area contributed by atoms with E-state index < -0.39 is 55.4 Å². The zero-order valence-electron chi connectivity index (χ0n) is 31.8. The summed E-state index contributed by atoms with van der Waals surface area (Å²) in [6, 6.07) is 0. The van der Waals surface area contributed by atoms with Gasteiger partial charge in [-0.1, -0.05) is 134 Å². The number of ether oxygens (including phenoxy) is 4. The molecule has 0 bridgehead atoms. The van der Waals surface area contributed by atoms with Gasteiger partial charge in [0.2, 0.25) is 0 Å². The highest BCUT2D eigenvalue weighted by atomic mass is 16.7. The predicted octanol–water partition coefficient (Wildman–Crippen LogP) is 7.55. The summed E-state index contributed by atoms with van der Waals surface area (Å²) in [5, 5.41) is 39.9. The Bertz CT molecular complexity index is 933. The second-order valence-corrected chi connectivity index (χ2v) is 13.7. The monoisotopic (exact) mass is 725 g/mol. The van der Waals surface area contributed by atoms with Crippen LogP contribution in [-0.2, 0) is 28.5 Å². The van der Waals surface area contributed by atoms with Crippen LogP contribution < -0.4 is 0 Å². The third-order valence-corrected chi connectivity index (χ3v) is 9.04. The molecule has 0 aromatic rings. The van der Waals surface area contributed by atoms with E-state index in [1.165, 1.54) is 44.9 Å². The van der Waals surface area contributed by atoms with E-state index in [4.69, 9.17) is 18.9 Å². The fourth-order valence-corrected chi connectivity index (χ4v) is 5.85. The molecule has 0 amide bonds. The molecule has 4 N–H and O–H groups in total. The molecule has 1 aliphatic rings. The maximum atomic E-state index is 12.7. The molecule has 296 valence electrons. The van der Waals surface area contributed by atoms with Crippen LogP contribution in [0.15, 0.2) is 36.5 Å². The number of carbonyl (C=O) groups excluding carboxylic acids is 2. The quantitative estimate of drug-likeness (QED) is 0.0311. The van der Waals surface area contributed by atoms with E-state index in [1.54, 1.807) is 0 Å². The van der Waals surface area contributed by atoms with Crippen LogP contribution in [0.3, 0.4) is 0 Å². The van der Waals surface area contributed by atoms with Crippen molar-refractivity contribution in [2.75, 3.05) is 19.8 Å². The van der Waals surface area contributed by atoms with Gasteiger partial charge in [-0.15, -0.1) is 0 Å². The van der Waals surface area contributed by atoms with E-state index in [0.717, 1.165) is 70.6 Å². The van der Waals surface area contributed by atoms with Gasteiger partial charge < -0.3 is 39.4 Å². The highest BCUT2D eigenvalue weighted by Crippen LogP contribution is 2.22. The van der Waals surface area contributed by atoms with Gasteiger partial charge >= 0.3 is 11.9 Å². The third kappa shape index (κ3) is 24.7. The first-order valence-corrected chi connectivity index (χ1v) is 20.1. The molecule has 6 atom stereocenters. The third-order valence-electron chi connectivity index (χ3n) is 9.04. The van der Waals surface area contributed by atoms with Crippen LogP contribution in [-0.4, -0.2) is 89.0 Å². The first-order chi connectivity index (χ1) is 24.8. The average Bonchev–Trinajstić information content (AvgIpc) is 3.13. The van der Waals surface area contributed by atoms with Crippen molar-refractivity contribution in [3.8, 4) is 0 Å². The molecule has 10 heteroatoms. The minimum atomic E-state index is -1.59. The Balaban J connectivity index is 2.39. The summed E-state index contributed by atoms with van der Waals surface area (Å²) in [6.45, 7) is 3.27. The molecule has 0 unspecified atom stereocenters. The lowest BCUT2D eigenvalue weighted by atomic mass is 9.99. The van der Waals surface area contributed by atoms with Crippen LogP contribution in [0.4, 0.5) is 0 Å². The van der Waals surface area contributed by atoms with Gasteiger partial charge in [0.05, 0.1) is 13.2 Å². The number of rotatable bonds is 32. The fraction of sp³-hybridized carbons (Fsp3) is 0.805. The van der Waals surface area contributed by atoms with E-state index >= 15 is 0 Å². The van der Waals surface area contributed by atoms with E-state index in [-0.39, 0.29) is 26.1 Å². The molecular weight excluding hydrogens is 652 g/mol. The number of aliphatic hydroxyl groups is 4. The highest BCUT2D eigenvalue weighted by molar-refractivity contribution is 5.70. The molecule has 1 aliphatic heterocycles. The topological polar surface area (TPSA) is 152 Å². The van der Waals surface area contributed by atoms with Gasteiger partial charge in [0, 0.05) is 12.8 Å². The van der Waals surface area contributed by atoms with Crippen molar-refractivity contribution in [2.45, 2.75) is 192 Å². The Labute approximate surface area is 308 Å². The van der Waals surface area contributed by atoms with Gasteiger partial charge in [-0.3, -0.25) is 9.59 Å². The number of allylic oxidation sites excluding steroid dienone is 6. The van der Waals surface area contributed by atoms with Crippen LogP contribution >= 0.6 is 0 Å². The normalized spacial score (nSPS) is 21.6. The molecule has 51 heavy (non-hydrogen) atoms. The Kier molecular flexibility index (Phi) is 30.0. The van der Waals surface area contributed by atoms with Crippen molar-refractivity contribution < 1.29 is 49.0 Å². The lowest BCUT2D eigenvalue weighted by Crippen LogP contribution is -2.59. The van der Waals surface area contributed by atoms with E-state index in [9.17, 15) is 30.0 Å². The molecule has 0 radical (unpaired) electrons. The molecule has 1 rings (SSSR count). The Morgan fingerprint density at radius 2 is 1.16 bits per heavy atom. The first kappa shape index (κ1) is 46.9. The first-order valence-electron chi connectivity index (χ1n) is 20.1. The SMILES string of the molecule is CC/C=C\C/C=C\C/C=C\CCCCCCCC(=O)OC[C@@H](CO[C@@H]1O[C@H](CO)[C@H](O)[C@H](O)[C@H]1O)OC(=O)CCCCCCCCCCCCC. The van der Waals surface area contributed by atoms with Crippen molar-refractivity contribution in [1.29, 1.82) is 0 Å². The summed E-state index contributed by atoms with van der Waals surface area (Å²) >= 11 is 0. The molecule has 10 nitrogen and oxygen atoms in total. The average molecular weight is 725 g/mol. The largest absolute Gasteiger partial charge is 0.462 e. The van der Waals surface area contributed by atoms with Crippen molar-refractivity contribution >= 4 is 11.9 Å². The van der Waals surface area contributed by atoms with Gasteiger partial charge in [-0.05, 0) is 44.9 Å². The van der Waals surface area contributed by atoms with E-state index in [0.29, 0.717) is 12.8 Å². The number of esters is 2. The molecule has 0 aliphatic carbocycles. The van der Waals surface area contributed by atoms with E-state index in [1.807, 2.05) is 0 Å². The molecule has 1 fully saturated rings. The lowest BCUT2D eigenvalue weighted by molar-refractivity contribution is -0.305. The van der Waals surface area contributed by atoms with Gasteiger partial charge in [-0.2, -0.15) is 0 Å². The number of carbonyl (C=O) groups is 2. The molecule has 0 saturated carbocycles. The van der Waals surface area contributed by atoms with Gasteiger partial charge in [0.15, 0.2) is 12.4 Å². The lowest BCUT2D eigenvalue weighted by Gasteiger charge is -2.39. The second kappa shape index (κ2) is 32.6. The van der Waals surface area contributed by atoms with Crippen LogP contribution in [0, 0.1) is 0 Å². The van der Waals surface area contributed by atoms with Crippen molar-refractivity contribution in [1.82, 2.24) is 0 Å². The summed E-state index contributed by atoms with van der Waals surface area (Å²) in [5.74, 6) is -0.828. The summed E-state index contributed by atoms with van der Waals surface area (Å²) in [6.07, 6.45) is 27.3. The maximum Gasteiger partial charge on any atom is 0.306 e. The standard InChI is InChI=1S/C41H72O10/c1-3-5-7-9-11-13-15-16-17-18-20-21-23-25-27-29-36(43)48-32-34(33-49-41-40(47)39(46)38(45)35(31-42)51-41)50-37(44)30-28-26-24-22-19-14-12-10-8-6-4-2/h5,7,11,13,16-17,34-35,38-42,45-47H,3-4,6,8-10,12,14-15,18-33H2,1-2H3/b7-5-,13-11-,17-16-/t34-,35+,38-,39-,40+,41+/m0/s1. The van der Waals surface area contributed by atoms with Crippen LogP contribution in [0.5, 0.6) is 0 Å². The Hall–Kier alpha value is -2.08. The number of unbranched alkanes of at least 4 members (excludes halogenated alkanes) is 15. The van der Waals surface area contributed by atoms with Crippen molar-refractivity contribution in [3.63, 3.8) is 0 Å². The molecule has 0 spiro atoms. The van der Waals surface area contributed by atoms with Crippen LogP contribution in [0.1, 0.15) is 155 Å². The van der Waals surface area contributed by atoms with Crippen molar-refractivity contribution in [3.05, 3.63) is 36.5 Å². The fourth-order valence-electron chi connectivity index (χ4n) is 5.85. The molecule has 1 heterocycles. The van der Waals surface area contributed by atoms with Crippen LogP contribution in [0.2, 0.25) is 0 Å². The number of hydrogen-bond donors (Lipinski definition) is 4. The Morgan fingerprint density at radius 3 is 1.75 bits per heavy atom. The zero-order chi connectivity index (χ0) is 37.4. The summed E-state index contributed by atoms with van der Waals surface area (Å²) in [5.41, 5.74) is 0. The summed E-state index contributed by atoms with van der Waals surface area (Å²) in [7, 11) is 0. The molecule has 1 saturated heterocycles. The summed E-state index contributed by atoms with van der Waals surface area (Å²) in [4.78, 5) is 25.2. The van der Waals surface area contributed by atoms with Gasteiger partial charge in [0.25, 0.3) is 0 Å². The van der Waals surface area contributed by atoms with Crippen molar-refractivity contribution in [2.24, 2.45) is 0 Å². The van der Waals surface area contributed by atoms with E-state index in [2.05, 4.69) is 50.3 Å². The summed E-state index contributed by atoms with van der Waals surface area (Å²) < 4.78 is 22.0. The zero-order valence-corrected chi connectivity index (χ0v) is 31.8. The smallest absolute Gasteiger partial charge is 0.306 e. The maximum absolute atomic E-state index is 12.7. The Morgan fingerprint density at radius 1 is 0.627 bits per heavy atom.